The number of hydrogen-bond acceptors (Lipinski definition) is 4. The van der Waals surface area contributed by atoms with Crippen LogP contribution in [0.4, 0.5) is 0 Å². The number of rotatable bonds is 5. The standard InChI is InChI=1S/C34H53NO5/c1-20-11-14-30(3)17-18-32(5)22(28(30)21(20)2)19-23(36)29-31(4)15-13-25(37)34(7,24(31)12-16-33(29,32)6)35-26(38)9-8-10-27(39)40/h19-21,24-25,28-29,37H,8-18H2,1-7H3,(H,35,38)(H,39,40)/t20-,21+,24-,25-,28+,29-,30-,31+,32-,33-,34-/m1/s1. The van der Waals surface area contributed by atoms with Crippen LogP contribution in [0.25, 0.3) is 0 Å². The molecule has 4 saturated carbocycles. The average molecular weight is 556 g/mol. The Morgan fingerprint density at radius 1 is 0.950 bits per heavy atom. The molecule has 11 atom stereocenters. The van der Waals surface area contributed by atoms with E-state index in [9.17, 15) is 19.5 Å². The second kappa shape index (κ2) is 9.67. The highest BCUT2D eigenvalue weighted by Crippen LogP contribution is 2.74. The summed E-state index contributed by atoms with van der Waals surface area (Å²) in [5.41, 5.74) is 0.288. The molecule has 0 bridgehead atoms. The Morgan fingerprint density at radius 3 is 2.33 bits per heavy atom. The third kappa shape index (κ3) is 4.08. The molecule has 5 aliphatic rings. The van der Waals surface area contributed by atoms with Crippen molar-refractivity contribution in [3.05, 3.63) is 11.6 Å². The fraction of sp³-hybridized carbons (Fsp3) is 0.853. The van der Waals surface area contributed by atoms with Gasteiger partial charge in [-0.15, -0.1) is 0 Å². The van der Waals surface area contributed by atoms with Crippen molar-refractivity contribution in [3.8, 4) is 0 Å². The maximum Gasteiger partial charge on any atom is 0.303 e. The average Bonchev–Trinajstić information content (AvgIpc) is 2.85. The van der Waals surface area contributed by atoms with Crippen molar-refractivity contribution in [2.45, 2.75) is 131 Å². The Kier molecular flexibility index (Phi) is 7.20. The summed E-state index contributed by atoms with van der Waals surface area (Å²) in [6.45, 7) is 16.4. The summed E-state index contributed by atoms with van der Waals surface area (Å²) in [4.78, 5) is 38.5. The zero-order valence-electron chi connectivity index (χ0n) is 25.9. The fourth-order valence-electron chi connectivity index (χ4n) is 11.3. The lowest BCUT2D eigenvalue weighted by molar-refractivity contribution is -0.194. The summed E-state index contributed by atoms with van der Waals surface area (Å²) < 4.78 is 0. The molecule has 0 aliphatic heterocycles. The number of hydrogen-bond donors (Lipinski definition) is 3. The van der Waals surface area contributed by atoms with E-state index in [2.05, 4.69) is 52.9 Å². The maximum atomic E-state index is 14.5. The van der Waals surface area contributed by atoms with E-state index < -0.39 is 17.6 Å². The van der Waals surface area contributed by atoms with E-state index in [4.69, 9.17) is 5.11 Å². The molecule has 0 radical (unpaired) electrons. The molecule has 6 nitrogen and oxygen atoms in total. The predicted molar refractivity (Wildman–Crippen MR) is 155 cm³/mol. The Balaban J connectivity index is 1.51. The normalized spacial score (nSPS) is 50.0. The van der Waals surface area contributed by atoms with Gasteiger partial charge < -0.3 is 15.5 Å². The zero-order valence-corrected chi connectivity index (χ0v) is 25.9. The Hall–Kier alpha value is -1.69. The van der Waals surface area contributed by atoms with Gasteiger partial charge in [0.1, 0.15) is 0 Å². The molecule has 5 aliphatic carbocycles. The lowest BCUT2D eigenvalue weighted by Crippen LogP contribution is -2.72. The smallest absolute Gasteiger partial charge is 0.303 e. The summed E-state index contributed by atoms with van der Waals surface area (Å²) in [5.74, 6) is 0.640. The minimum Gasteiger partial charge on any atom is -0.481 e. The lowest BCUT2D eigenvalue weighted by atomic mass is 9.33. The topological polar surface area (TPSA) is 104 Å². The number of allylic oxidation sites excluding steroid dienone is 2. The van der Waals surface area contributed by atoms with E-state index in [-0.39, 0.29) is 64.4 Å². The molecule has 6 heteroatoms. The van der Waals surface area contributed by atoms with Crippen LogP contribution in [0.2, 0.25) is 0 Å². The molecule has 0 aromatic carbocycles. The first-order valence-electron chi connectivity index (χ1n) is 16.0. The van der Waals surface area contributed by atoms with Gasteiger partial charge in [0.05, 0.1) is 11.6 Å². The first-order valence-corrected chi connectivity index (χ1v) is 16.0. The number of carbonyl (C=O) groups excluding carboxylic acids is 2. The monoisotopic (exact) mass is 555 g/mol. The first kappa shape index (κ1) is 29.8. The van der Waals surface area contributed by atoms with Crippen molar-refractivity contribution >= 4 is 17.7 Å². The third-order valence-electron chi connectivity index (χ3n) is 14.0. The largest absolute Gasteiger partial charge is 0.481 e. The highest BCUT2D eigenvalue weighted by Gasteiger charge is 2.70. The van der Waals surface area contributed by atoms with Crippen LogP contribution in [-0.4, -0.2) is 39.5 Å². The molecule has 4 fully saturated rings. The highest BCUT2D eigenvalue weighted by molar-refractivity contribution is 5.95. The van der Waals surface area contributed by atoms with Gasteiger partial charge in [0.2, 0.25) is 5.91 Å². The number of aliphatic carboxylic acids is 1. The van der Waals surface area contributed by atoms with Crippen LogP contribution in [0.15, 0.2) is 11.6 Å². The molecule has 0 unspecified atom stereocenters. The number of fused-ring (bicyclic) bond motifs is 7. The van der Waals surface area contributed by atoms with Crippen LogP contribution in [0, 0.1) is 51.2 Å². The fourth-order valence-corrected chi connectivity index (χ4v) is 11.3. The molecule has 3 N–H and O–H groups in total. The molecule has 0 saturated heterocycles. The van der Waals surface area contributed by atoms with E-state index in [1.54, 1.807) is 0 Å². The van der Waals surface area contributed by atoms with E-state index in [1.165, 1.54) is 24.8 Å². The summed E-state index contributed by atoms with van der Waals surface area (Å²) in [5, 5.41) is 23.5. The second-order valence-corrected chi connectivity index (χ2v) is 15.9. The molecule has 0 aromatic rings. The van der Waals surface area contributed by atoms with Crippen molar-refractivity contribution in [2.24, 2.45) is 51.2 Å². The Morgan fingerprint density at radius 2 is 1.65 bits per heavy atom. The van der Waals surface area contributed by atoms with Gasteiger partial charge in [-0.05, 0) is 116 Å². The van der Waals surface area contributed by atoms with Crippen molar-refractivity contribution < 1.29 is 24.6 Å². The SMILES string of the molecule is C[C@H]1[C@H](C)CC[C@]2(C)CC[C@]3(C)C(=CC(=O)[C@@H]4[C@@]5(C)CC[C@@H](O)[C@](C)(NC(=O)CCCC(=O)O)[C@@H]5CC[C@]43C)[C@H]12. The zero-order chi connectivity index (χ0) is 29.5. The van der Waals surface area contributed by atoms with Crippen molar-refractivity contribution in [3.63, 3.8) is 0 Å². The number of ketones is 1. The third-order valence-corrected chi connectivity index (χ3v) is 14.0. The minimum absolute atomic E-state index is 0.0322. The van der Waals surface area contributed by atoms with Crippen LogP contribution in [0.3, 0.4) is 0 Å². The lowest BCUT2D eigenvalue weighted by Gasteiger charge is -2.70. The quantitative estimate of drug-likeness (QED) is 0.369. The molecule has 5 rings (SSSR count). The molecule has 224 valence electrons. The Bertz CT molecular complexity index is 1120. The van der Waals surface area contributed by atoms with Gasteiger partial charge in [-0.3, -0.25) is 14.4 Å². The molecular weight excluding hydrogens is 502 g/mol. The molecule has 40 heavy (non-hydrogen) atoms. The van der Waals surface area contributed by atoms with E-state index >= 15 is 0 Å². The summed E-state index contributed by atoms with van der Waals surface area (Å²) in [6, 6.07) is 0. The van der Waals surface area contributed by atoms with Gasteiger partial charge in [-0.2, -0.15) is 0 Å². The van der Waals surface area contributed by atoms with Crippen LogP contribution < -0.4 is 5.32 Å². The van der Waals surface area contributed by atoms with Crippen molar-refractivity contribution in [2.75, 3.05) is 0 Å². The summed E-state index contributed by atoms with van der Waals surface area (Å²) in [7, 11) is 0. The van der Waals surface area contributed by atoms with Gasteiger partial charge >= 0.3 is 5.97 Å². The van der Waals surface area contributed by atoms with E-state index in [0.717, 1.165) is 25.7 Å². The van der Waals surface area contributed by atoms with Crippen LogP contribution >= 0.6 is 0 Å². The number of aliphatic hydroxyl groups excluding tert-OH is 1. The molecular formula is C34H53NO5. The Labute approximate surface area is 241 Å². The summed E-state index contributed by atoms with van der Waals surface area (Å²) in [6.07, 6.45) is 9.67. The number of carboxylic acids is 1. The summed E-state index contributed by atoms with van der Waals surface area (Å²) >= 11 is 0. The van der Waals surface area contributed by atoms with Crippen LogP contribution in [0.1, 0.15) is 119 Å². The van der Waals surface area contributed by atoms with Crippen molar-refractivity contribution in [1.29, 1.82) is 0 Å². The van der Waals surface area contributed by atoms with Crippen molar-refractivity contribution in [1.82, 2.24) is 5.32 Å². The van der Waals surface area contributed by atoms with Crippen LogP contribution in [0.5, 0.6) is 0 Å². The molecule has 1 amide bonds. The number of carboxylic acid groups (broad SMARTS) is 1. The maximum absolute atomic E-state index is 14.5. The first-order chi connectivity index (χ1) is 18.5. The number of amides is 1. The van der Waals surface area contributed by atoms with Gasteiger partial charge in [-0.25, -0.2) is 0 Å². The van der Waals surface area contributed by atoms with E-state index in [0.29, 0.717) is 24.2 Å². The molecule has 0 heterocycles. The van der Waals surface area contributed by atoms with E-state index in [1.807, 2.05) is 6.92 Å². The van der Waals surface area contributed by atoms with Gasteiger partial charge in [0.25, 0.3) is 0 Å². The van der Waals surface area contributed by atoms with Crippen LogP contribution in [-0.2, 0) is 14.4 Å². The highest BCUT2D eigenvalue weighted by atomic mass is 16.4. The number of carbonyl (C=O) groups is 3. The van der Waals surface area contributed by atoms with Gasteiger partial charge in [-0.1, -0.05) is 47.1 Å². The number of aliphatic hydroxyl groups is 1. The predicted octanol–water partition coefficient (Wildman–Crippen LogP) is 6.31. The van der Waals surface area contributed by atoms with Gasteiger partial charge in [0.15, 0.2) is 5.78 Å². The minimum atomic E-state index is -0.910. The number of nitrogens with one attached hydrogen (secondary N) is 1. The molecule has 0 aromatic heterocycles. The molecule has 0 spiro atoms. The second-order valence-electron chi connectivity index (χ2n) is 15.9. The van der Waals surface area contributed by atoms with Gasteiger partial charge in [0, 0.05) is 18.8 Å².